The van der Waals surface area contributed by atoms with E-state index in [0.717, 1.165) is 0 Å². The summed E-state index contributed by atoms with van der Waals surface area (Å²) in [6, 6.07) is 4.96. The van der Waals surface area contributed by atoms with Gasteiger partial charge in [-0.15, -0.1) is 0 Å². The van der Waals surface area contributed by atoms with Crippen molar-refractivity contribution in [1.82, 2.24) is 0 Å². The third-order valence-electron chi connectivity index (χ3n) is 2.87. The van der Waals surface area contributed by atoms with Crippen molar-refractivity contribution in [3.05, 3.63) is 34.6 Å². The standard InChI is InChI=1S/C11H13ClFNO/c12-9-3-1-2-8(10(9)13)11(14)4-6-15-7-5-11/h1-3H,4-7,14H2. The molecule has 1 aliphatic rings. The van der Waals surface area contributed by atoms with Crippen molar-refractivity contribution in [2.75, 3.05) is 13.2 Å². The van der Waals surface area contributed by atoms with Gasteiger partial charge >= 0.3 is 0 Å². The van der Waals surface area contributed by atoms with E-state index >= 15 is 0 Å². The molecule has 0 atom stereocenters. The van der Waals surface area contributed by atoms with Gasteiger partial charge in [0, 0.05) is 24.3 Å². The fraction of sp³-hybridized carbons (Fsp3) is 0.455. The molecule has 0 saturated carbocycles. The fourth-order valence-corrected chi connectivity index (χ4v) is 2.07. The second kappa shape index (κ2) is 4.08. The molecule has 4 heteroatoms. The van der Waals surface area contributed by atoms with Gasteiger partial charge in [-0.2, -0.15) is 0 Å². The zero-order valence-corrected chi connectivity index (χ0v) is 9.06. The largest absolute Gasteiger partial charge is 0.381 e. The Labute approximate surface area is 93.2 Å². The van der Waals surface area contributed by atoms with Crippen LogP contribution in [-0.2, 0) is 10.3 Å². The molecule has 0 bridgehead atoms. The van der Waals surface area contributed by atoms with Crippen LogP contribution in [0.1, 0.15) is 18.4 Å². The Bertz CT molecular complexity index is 364. The van der Waals surface area contributed by atoms with E-state index in [9.17, 15) is 4.39 Å². The summed E-state index contributed by atoms with van der Waals surface area (Å²) in [5, 5.41) is 0.129. The van der Waals surface area contributed by atoms with Crippen LogP contribution in [0.25, 0.3) is 0 Å². The molecule has 82 valence electrons. The highest BCUT2D eigenvalue weighted by Crippen LogP contribution is 2.33. The highest BCUT2D eigenvalue weighted by atomic mass is 35.5. The molecule has 2 N–H and O–H groups in total. The molecule has 0 spiro atoms. The number of rotatable bonds is 1. The highest BCUT2D eigenvalue weighted by molar-refractivity contribution is 6.30. The number of ether oxygens (including phenoxy) is 1. The van der Waals surface area contributed by atoms with Crippen LogP contribution in [0, 0.1) is 5.82 Å². The van der Waals surface area contributed by atoms with Crippen LogP contribution in [0.2, 0.25) is 5.02 Å². The van der Waals surface area contributed by atoms with Crippen LogP contribution >= 0.6 is 11.6 Å². The number of nitrogens with two attached hydrogens (primary N) is 1. The Kier molecular flexibility index (Phi) is 2.96. The first-order valence-corrected chi connectivity index (χ1v) is 5.32. The lowest BCUT2D eigenvalue weighted by Gasteiger charge is -2.34. The smallest absolute Gasteiger partial charge is 0.146 e. The summed E-state index contributed by atoms with van der Waals surface area (Å²) in [6.07, 6.45) is 1.26. The van der Waals surface area contributed by atoms with E-state index in [4.69, 9.17) is 22.1 Å². The van der Waals surface area contributed by atoms with Crippen molar-refractivity contribution in [3.63, 3.8) is 0 Å². The average molecular weight is 230 g/mol. The normalized spacial score (nSPS) is 20.2. The summed E-state index contributed by atoms with van der Waals surface area (Å²) in [6.45, 7) is 1.14. The Morgan fingerprint density at radius 3 is 2.67 bits per heavy atom. The van der Waals surface area contributed by atoms with E-state index < -0.39 is 11.4 Å². The Morgan fingerprint density at radius 1 is 1.33 bits per heavy atom. The SMILES string of the molecule is NC1(c2cccc(Cl)c2F)CCOCC1. The lowest BCUT2D eigenvalue weighted by atomic mass is 9.83. The lowest BCUT2D eigenvalue weighted by Crippen LogP contribution is -2.42. The lowest BCUT2D eigenvalue weighted by molar-refractivity contribution is 0.0510. The average Bonchev–Trinajstić information content (AvgIpc) is 2.23. The number of halogens is 2. The first-order valence-electron chi connectivity index (χ1n) is 4.95. The molecule has 1 aromatic carbocycles. The van der Waals surface area contributed by atoms with Gasteiger partial charge in [-0.3, -0.25) is 0 Å². The molecule has 1 heterocycles. The molecule has 1 saturated heterocycles. The van der Waals surface area contributed by atoms with Gasteiger partial charge in [0.15, 0.2) is 0 Å². The summed E-state index contributed by atoms with van der Waals surface area (Å²) in [5.41, 5.74) is 6.04. The minimum absolute atomic E-state index is 0.129. The van der Waals surface area contributed by atoms with Gasteiger partial charge in [-0.1, -0.05) is 23.7 Å². The second-order valence-corrected chi connectivity index (χ2v) is 4.28. The maximum Gasteiger partial charge on any atom is 0.146 e. The van der Waals surface area contributed by atoms with Gasteiger partial charge in [0.1, 0.15) is 5.82 Å². The van der Waals surface area contributed by atoms with Crippen LogP contribution in [-0.4, -0.2) is 13.2 Å². The second-order valence-electron chi connectivity index (χ2n) is 3.87. The molecule has 0 aliphatic carbocycles. The summed E-state index contributed by atoms with van der Waals surface area (Å²) >= 11 is 5.73. The summed E-state index contributed by atoms with van der Waals surface area (Å²) in [4.78, 5) is 0. The van der Waals surface area contributed by atoms with Crippen LogP contribution in [0.3, 0.4) is 0 Å². The van der Waals surface area contributed by atoms with Crippen LogP contribution in [0.4, 0.5) is 4.39 Å². The van der Waals surface area contributed by atoms with Crippen LogP contribution in [0.5, 0.6) is 0 Å². The third kappa shape index (κ3) is 2.00. The molecule has 0 aromatic heterocycles. The van der Waals surface area contributed by atoms with E-state index in [1.807, 2.05) is 0 Å². The molecule has 0 unspecified atom stereocenters. The predicted octanol–water partition coefficient (Wildman–Crippen LogP) is 2.44. The van der Waals surface area contributed by atoms with Gasteiger partial charge in [0.05, 0.1) is 5.02 Å². The van der Waals surface area contributed by atoms with Gasteiger partial charge in [0.2, 0.25) is 0 Å². The van der Waals surface area contributed by atoms with Crippen LogP contribution in [0.15, 0.2) is 18.2 Å². The zero-order valence-electron chi connectivity index (χ0n) is 8.30. The van der Waals surface area contributed by atoms with Crippen LogP contribution < -0.4 is 5.73 Å². The van der Waals surface area contributed by atoms with Crippen molar-refractivity contribution in [1.29, 1.82) is 0 Å². The molecule has 0 amide bonds. The highest BCUT2D eigenvalue weighted by Gasteiger charge is 2.32. The molecule has 15 heavy (non-hydrogen) atoms. The number of hydrogen-bond acceptors (Lipinski definition) is 2. The van der Waals surface area contributed by atoms with Crippen molar-refractivity contribution in [2.45, 2.75) is 18.4 Å². The summed E-state index contributed by atoms with van der Waals surface area (Å²) < 4.78 is 19.0. The molecule has 1 aromatic rings. The first kappa shape index (κ1) is 10.9. The zero-order chi connectivity index (χ0) is 10.9. The van der Waals surface area contributed by atoms with E-state index in [1.165, 1.54) is 6.07 Å². The maximum atomic E-state index is 13.8. The molecular weight excluding hydrogens is 217 g/mol. The monoisotopic (exact) mass is 229 g/mol. The Balaban J connectivity index is 2.39. The maximum absolute atomic E-state index is 13.8. The Hall–Kier alpha value is -0.640. The molecular formula is C11H13ClFNO. The molecule has 2 rings (SSSR count). The fourth-order valence-electron chi connectivity index (χ4n) is 1.89. The third-order valence-corrected chi connectivity index (χ3v) is 3.16. The van der Waals surface area contributed by atoms with E-state index in [-0.39, 0.29) is 5.02 Å². The summed E-state index contributed by atoms with van der Waals surface area (Å²) in [5.74, 6) is -0.399. The summed E-state index contributed by atoms with van der Waals surface area (Å²) in [7, 11) is 0. The Morgan fingerprint density at radius 2 is 2.00 bits per heavy atom. The molecule has 0 radical (unpaired) electrons. The minimum Gasteiger partial charge on any atom is -0.381 e. The van der Waals surface area contributed by atoms with Gasteiger partial charge in [0.25, 0.3) is 0 Å². The van der Waals surface area contributed by atoms with E-state index in [1.54, 1.807) is 12.1 Å². The van der Waals surface area contributed by atoms with E-state index in [0.29, 0.717) is 31.6 Å². The molecule has 1 fully saturated rings. The minimum atomic E-state index is -0.632. The molecule has 1 aliphatic heterocycles. The predicted molar refractivity (Wildman–Crippen MR) is 57.3 cm³/mol. The van der Waals surface area contributed by atoms with E-state index in [2.05, 4.69) is 0 Å². The van der Waals surface area contributed by atoms with Gasteiger partial charge in [-0.05, 0) is 18.9 Å². The number of hydrogen-bond donors (Lipinski definition) is 1. The van der Waals surface area contributed by atoms with Crippen molar-refractivity contribution < 1.29 is 9.13 Å². The van der Waals surface area contributed by atoms with Gasteiger partial charge < -0.3 is 10.5 Å². The number of benzene rings is 1. The first-order chi connectivity index (χ1) is 7.13. The van der Waals surface area contributed by atoms with Crippen molar-refractivity contribution >= 4 is 11.6 Å². The van der Waals surface area contributed by atoms with Crippen molar-refractivity contribution in [3.8, 4) is 0 Å². The van der Waals surface area contributed by atoms with Crippen molar-refractivity contribution in [2.24, 2.45) is 5.73 Å². The van der Waals surface area contributed by atoms with Gasteiger partial charge in [-0.25, -0.2) is 4.39 Å². The quantitative estimate of drug-likeness (QED) is 0.803. The topological polar surface area (TPSA) is 35.2 Å². The molecule has 2 nitrogen and oxygen atoms in total.